The van der Waals surface area contributed by atoms with Gasteiger partial charge in [-0.25, -0.2) is 14.2 Å². The molecule has 2 fully saturated rings. The third-order valence-corrected chi connectivity index (χ3v) is 8.59. The largest absolute Gasteiger partial charge is 0.456 e. The molecule has 2 saturated heterocycles. The molecule has 238 valence electrons. The van der Waals surface area contributed by atoms with Gasteiger partial charge in [0.25, 0.3) is 5.56 Å². The number of halogens is 2. The molecule has 6 rings (SSSR count). The van der Waals surface area contributed by atoms with E-state index in [-0.39, 0.29) is 23.4 Å². The molecular weight excluding hydrogens is 597 g/mol. The average molecular weight is 636 g/mol. The van der Waals surface area contributed by atoms with Crippen LogP contribution in [0.3, 0.4) is 0 Å². The first-order valence-corrected chi connectivity index (χ1v) is 15.9. The molecule has 2 aliphatic rings. The summed E-state index contributed by atoms with van der Waals surface area (Å²) in [5.74, 6) is 0.207. The van der Waals surface area contributed by atoms with Crippen molar-refractivity contribution in [1.82, 2.24) is 19.0 Å². The number of hydrogen-bond donors (Lipinski definition) is 0. The molecule has 2 aliphatic heterocycles. The van der Waals surface area contributed by atoms with E-state index in [0.29, 0.717) is 61.0 Å². The van der Waals surface area contributed by atoms with Gasteiger partial charge in [0.2, 0.25) is 0 Å². The Balaban J connectivity index is 1.14. The summed E-state index contributed by atoms with van der Waals surface area (Å²) in [5, 5.41) is 0.353. The number of benzene rings is 2. The average Bonchev–Trinajstić information content (AvgIpc) is 3.30. The van der Waals surface area contributed by atoms with Gasteiger partial charge in [-0.1, -0.05) is 17.7 Å². The van der Waals surface area contributed by atoms with Gasteiger partial charge in [-0.05, 0) is 81.6 Å². The summed E-state index contributed by atoms with van der Waals surface area (Å²) in [5.41, 5.74) is 2.75. The van der Waals surface area contributed by atoms with Crippen LogP contribution in [0.5, 0.6) is 0 Å². The minimum atomic E-state index is -0.580. The summed E-state index contributed by atoms with van der Waals surface area (Å²) in [4.78, 5) is 35.6. The summed E-state index contributed by atoms with van der Waals surface area (Å²) in [6.45, 7) is 10.9. The number of hydrogen-bond acceptors (Lipinski definition) is 7. The Kier molecular flexibility index (Phi) is 8.99. The van der Waals surface area contributed by atoms with Gasteiger partial charge in [-0.3, -0.25) is 9.69 Å². The molecule has 0 bridgehead atoms. The second-order valence-corrected chi connectivity index (χ2v) is 13.2. The number of rotatable bonds is 9. The molecule has 4 heterocycles. The Morgan fingerprint density at radius 2 is 1.89 bits per heavy atom. The summed E-state index contributed by atoms with van der Waals surface area (Å²) >= 11 is 5.88. The zero-order chi connectivity index (χ0) is 31.7. The van der Waals surface area contributed by atoms with Gasteiger partial charge in [-0.2, -0.15) is 0 Å². The van der Waals surface area contributed by atoms with Crippen LogP contribution >= 0.6 is 11.6 Å². The number of aryl methyl sites for hydroxylation is 2. The molecule has 4 aromatic rings. The highest BCUT2D eigenvalue weighted by molar-refractivity contribution is 6.30. The van der Waals surface area contributed by atoms with Crippen molar-refractivity contribution in [2.75, 3.05) is 37.7 Å². The number of ether oxygens (including phenoxy) is 2. The number of nitrogens with zero attached hydrogens (tertiary/aromatic N) is 5. The maximum Gasteiger partial charge on any atom is 0.338 e. The van der Waals surface area contributed by atoms with Crippen molar-refractivity contribution >= 4 is 34.3 Å². The molecule has 0 aliphatic carbocycles. The lowest BCUT2D eigenvalue weighted by molar-refractivity contribution is -0.0592. The lowest BCUT2D eigenvalue weighted by atomic mass is 10.1. The quantitative estimate of drug-likeness (QED) is 0.231. The fourth-order valence-electron chi connectivity index (χ4n) is 5.85. The number of carbonyl (C=O) groups is 1. The molecule has 2 aromatic carbocycles. The van der Waals surface area contributed by atoms with Crippen molar-refractivity contribution in [3.8, 4) is 0 Å². The summed E-state index contributed by atoms with van der Waals surface area (Å²) in [7, 11) is 0. The first kappa shape index (κ1) is 31.3. The molecule has 1 unspecified atom stereocenters. The number of fused-ring (bicyclic) bond motifs is 1. The second kappa shape index (κ2) is 12.9. The minimum Gasteiger partial charge on any atom is -0.456 e. The van der Waals surface area contributed by atoms with Crippen LogP contribution in [-0.2, 0) is 35.5 Å². The number of aromatic nitrogens is 3. The van der Waals surface area contributed by atoms with E-state index in [4.69, 9.17) is 26.1 Å². The molecule has 0 amide bonds. The summed E-state index contributed by atoms with van der Waals surface area (Å²) in [6.07, 6.45) is 3.26. The van der Waals surface area contributed by atoms with Crippen molar-refractivity contribution in [3.05, 3.63) is 92.9 Å². The maximum absolute atomic E-state index is 14.3. The summed E-state index contributed by atoms with van der Waals surface area (Å²) < 4.78 is 29.5. The smallest absolute Gasteiger partial charge is 0.338 e. The van der Waals surface area contributed by atoms with Crippen molar-refractivity contribution in [2.24, 2.45) is 0 Å². The SMILES string of the molecule is CC(C)(C)OC(=O)c1ccc2nc(CN3CCN(c4cccn(CCc5ccc(Cl)cc5F)c4=O)CC3)n(CC3CCO3)c2c1. The number of piperazine rings is 1. The zero-order valence-corrected chi connectivity index (χ0v) is 26.7. The van der Waals surface area contributed by atoms with E-state index in [1.54, 1.807) is 29.0 Å². The van der Waals surface area contributed by atoms with Gasteiger partial charge in [0.1, 0.15) is 22.9 Å². The van der Waals surface area contributed by atoms with Crippen LogP contribution in [0.1, 0.15) is 48.9 Å². The monoisotopic (exact) mass is 635 g/mol. The molecule has 1 atom stereocenters. The standard InChI is InChI=1S/C34H39ClFN5O4/c1-34(2,3)45-33(43)24-7-9-28-30(19-24)41(21-26-11-18-44-26)31(37-28)22-38-14-16-39(17-15-38)29-5-4-12-40(32(29)42)13-10-23-6-8-25(35)20-27(23)36/h4-9,12,19-20,26H,10-11,13-18,21-22H2,1-3H3. The van der Waals surface area contributed by atoms with Gasteiger partial charge in [0, 0.05) is 50.6 Å². The Hall–Kier alpha value is -3.73. The number of carbonyl (C=O) groups excluding carboxylic acids is 1. The van der Waals surface area contributed by atoms with Gasteiger partial charge in [0.05, 0.1) is 35.8 Å². The Morgan fingerprint density at radius 1 is 1.11 bits per heavy atom. The Morgan fingerprint density at radius 3 is 2.58 bits per heavy atom. The predicted molar refractivity (Wildman–Crippen MR) is 173 cm³/mol. The highest BCUT2D eigenvalue weighted by Crippen LogP contribution is 2.25. The Bertz CT molecular complexity index is 1750. The van der Waals surface area contributed by atoms with Crippen LogP contribution in [0.2, 0.25) is 5.02 Å². The topological polar surface area (TPSA) is 81.8 Å². The summed E-state index contributed by atoms with van der Waals surface area (Å²) in [6, 6.07) is 13.9. The second-order valence-electron chi connectivity index (χ2n) is 12.8. The molecule has 9 nitrogen and oxygen atoms in total. The lowest BCUT2D eigenvalue weighted by Gasteiger charge is -2.36. The number of pyridine rings is 1. The molecule has 0 N–H and O–H groups in total. The van der Waals surface area contributed by atoms with Gasteiger partial charge < -0.3 is 23.5 Å². The van der Waals surface area contributed by atoms with E-state index in [1.807, 2.05) is 45.0 Å². The zero-order valence-electron chi connectivity index (χ0n) is 26.0. The highest BCUT2D eigenvalue weighted by atomic mass is 35.5. The van der Waals surface area contributed by atoms with Crippen molar-refractivity contribution in [1.29, 1.82) is 0 Å². The number of anilines is 1. The fraction of sp³-hybridized carbons (Fsp3) is 0.441. The van der Waals surface area contributed by atoms with Crippen molar-refractivity contribution in [3.63, 3.8) is 0 Å². The molecule has 11 heteroatoms. The maximum atomic E-state index is 14.3. The molecule has 2 aromatic heterocycles. The Labute approximate surface area is 267 Å². The van der Waals surface area contributed by atoms with Gasteiger partial charge in [0.15, 0.2) is 0 Å². The van der Waals surface area contributed by atoms with E-state index >= 15 is 0 Å². The van der Waals surface area contributed by atoms with E-state index in [1.165, 1.54) is 6.07 Å². The normalized spacial score (nSPS) is 17.4. The van der Waals surface area contributed by atoms with Crippen LogP contribution in [0.4, 0.5) is 10.1 Å². The predicted octanol–water partition coefficient (Wildman–Crippen LogP) is 5.30. The minimum absolute atomic E-state index is 0.0802. The lowest BCUT2D eigenvalue weighted by Crippen LogP contribution is -2.48. The van der Waals surface area contributed by atoms with Gasteiger partial charge in [-0.15, -0.1) is 0 Å². The molecule has 0 spiro atoms. The van der Waals surface area contributed by atoms with Crippen molar-refractivity contribution < 1.29 is 18.7 Å². The molecule has 0 radical (unpaired) electrons. The van der Waals surface area contributed by atoms with E-state index in [2.05, 4.69) is 14.4 Å². The molecule has 45 heavy (non-hydrogen) atoms. The fourth-order valence-corrected chi connectivity index (χ4v) is 6.01. The number of esters is 1. The van der Waals surface area contributed by atoms with Crippen LogP contribution in [0, 0.1) is 5.82 Å². The van der Waals surface area contributed by atoms with E-state index < -0.39 is 5.60 Å². The van der Waals surface area contributed by atoms with E-state index in [9.17, 15) is 14.0 Å². The highest BCUT2D eigenvalue weighted by Gasteiger charge is 2.26. The van der Waals surface area contributed by atoms with Gasteiger partial charge >= 0.3 is 5.97 Å². The molecular formula is C34H39ClFN5O4. The van der Waals surface area contributed by atoms with Crippen molar-refractivity contribution in [2.45, 2.75) is 65.0 Å². The van der Waals surface area contributed by atoms with E-state index in [0.717, 1.165) is 43.0 Å². The molecule has 0 saturated carbocycles. The third-order valence-electron chi connectivity index (χ3n) is 8.36. The van der Waals surface area contributed by atoms with Crippen LogP contribution < -0.4 is 10.5 Å². The van der Waals surface area contributed by atoms with Crippen LogP contribution in [-0.4, -0.2) is 69.5 Å². The first-order valence-electron chi connectivity index (χ1n) is 15.5. The van der Waals surface area contributed by atoms with Crippen LogP contribution in [0.25, 0.3) is 11.0 Å². The third kappa shape index (κ3) is 7.24. The first-order chi connectivity index (χ1) is 21.5. The van der Waals surface area contributed by atoms with Crippen LogP contribution in [0.15, 0.2) is 59.5 Å². The number of imidazole rings is 1.